The summed E-state index contributed by atoms with van der Waals surface area (Å²) >= 11 is 6.13. The molecule has 176 valence electrons. The minimum absolute atomic E-state index is 0.175. The number of carbonyl (C=O) groups is 2. The fourth-order valence-electron chi connectivity index (χ4n) is 3.43. The van der Waals surface area contributed by atoms with Crippen molar-refractivity contribution >= 4 is 35.0 Å². The third kappa shape index (κ3) is 6.16. The van der Waals surface area contributed by atoms with E-state index in [1.54, 1.807) is 67.0 Å². The van der Waals surface area contributed by atoms with Crippen LogP contribution in [-0.2, 0) is 11.3 Å². The molecular weight excluding hydrogens is 464 g/mol. The highest BCUT2D eigenvalue weighted by Crippen LogP contribution is 2.27. The molecule has 0 bridgehead atoms. The fraction of sp³-hybridized carbons (Fsp3) is 0.0741. The molecule has 35 heavy (non-hydrogen) atoms. The third-order valence-electron chi connectivity index (χ3n) is 5.28. The lowest BCUT2D eigenvalue weighted by Gasteiger charge is -2.19. The zero-order valence-electron chi connectivity index (χ0n) is 18.6. The van der Waals surface area contributed by atoms with Crippen LogP contribution in [0, 0.1) is 0 Å². The molecule has 0 aliphatic rings. The van der Waals surface area contributed by atoms with Gasteiger partial charge in [-0.15, -0.1) is 0 Å². The van der Waals surface area contributed by atoms with Crippen LogP contribution in [0.2, 0.25) is 5.02 Å². The average molecular weight is 487 g/mol. The van der Waals surface area contributed by atoms with Crippen LogP contribution in [0.3, 0.4) is 0 Å². The summed E-state index contributed by atoms with van der Waals surface area (Å²) in [7, 11) is 0. The Bertz CT molecular complexity index is 1310. The number of nitrogens with zero attached hydrogens (tertiary/aromatic N) is 1. The first-order valence-corrected chi connectivity index (χ1v) is 11.2. The van der Waals surface area contributed by atoms with Gasteiger partial charge in [-0.3, -0.25) is 9.78 Å². The first kappa shape index (κ1) is 23.8. The molecule has 0 fully saturated rings. The molecule has 1 atom stereocenters. The number of carbonyl (C=O) groups excluding carboxylic acids is 2. The number of alkyl carbamates (subject to hydrolysis) is 1. The number of rotatable bonds is 7. The lowest BCUT2D eigenvalue weighted by molar-refractivity contribution is 0.102. The van der Waals surface area contributed by atoms with Crippen LogP contribution < -0.4 is 16.4 Å². The summed E-state index contributed by atoms with van der Waals surface area (Å²) < 4.78 is 5.77. The summed E-state index contributed by atoms with van der Waals surface area (Å²) in [5, 5.41) is 6.02. The number of ether oxygens (including phenoxy) is 1. The monoisotopic (exact) mass is 486 g/mol. The highest BCUT2D eigenvalue weighted by Gasteiger charge is 2.20. The van der Waals surface area contributed by atoms with Gasteiger partial charge in [0.05, 0.1) is 11.4 Å². The number of hydrogen-bond acceptors (Lipinski definition) is 5. The molecule has 2 amide bonds. The average Bonchev–Trinajstić information content (AvgIpc) is 2.89. The summed E-state index contributed by atoms with van der Waals surface area (Å²) in [6, 6.07) is 24.9. The number of hydrogen-bond donors (Lipinski definition) is 3. The van der Waals surface area contributed by atoms with E-state index >= 15 is 0 Å². The van der Waals surface area contributed by atoms with Crippen molar-refractivity contribution in [2.75, 3.05) is 11.1 Å². The van der Waals surface area contributed by atoms with Gasteiger partial charge < -0.3 is 21.1 Å². The Hall–Kier alpha value is -4.36. The van der Waals surface area contributed by atoms with E-state index in [2.05, 4.69) is 15.6 Å². The van der Waals surface area contributed by atoms with E-state index in [0.717, 1.165) is 5.56 Å². The summed E-state index contributed by atoms with van der Waals surface area (Å²) in [4.78, 5) is 29.3. The van der Waals surface area contributed by atoms with Crippen molar-refractivity contribution in [2.45, 2.75) is 12.6 Å². The van der Waals surface area contributed by atoms with Gasteiger partial charge >= 0.3 is 6.09 Å². The highest BCUT2D eigenvalue weighted by atomic mass is 35.5. The molecule has 7 nitrogen and oxygen atoms in total. The normalized spacial score (nSPS) is 11.3. The van der Waals surface area contributed by atoms with Crippen molar-refractivity contribution in [3.8, 4) is 0 Å². The molecule has 0 saturated heterocycles. The lowest BCUT2D eigenvalue weighted by Crippen LogP contribution is -2.26. The Morgan fingerprint density at radius 1 is 0.914 bits per heavy atom. The molecular formula is C27H23ClN4O3. The van der Waals surface area contributed by atoms with E-state index in [1.807, 2.05) is 30.3 Å². The molecule has 3 aromatic carbocycles. The molecule has 4 rings (SSSR count). The predicted octanol–water partition coefficient (Wildman–Crippen LogP) is 5.59. The summed E-state index contributed by atoms with van der Waals surface area (Å²) in [5.74, 6) is -0.294. The van der Waals surface area contributed by atoms with Crippen molar-refractivity contribution < 1.29 is 14.3 Å². The van der Waals surface area contributed by atoms with Gasteiger partial charge in [-0.25, -0.2) is 4.79 Å². The molecule has 0 spiro atoms. The Balaban J connectivity index is 1.49. The van der Waals surface area contributed by atoms with Crippen LogP contribution in [0.5, 0.6) is 0 Å². The summed E-state index contributed by atoms with van der Waals surface area (Å²) in [6.45, 7) is 0.175. The van der Waals surface area contributed by atoms with E-state index in [4.69, 9.17) is 22.1 Å². The Kier molecular flexibility index (Phi) is 7.60. The Morgan fingerprint density at radius 2 is 1.60 bits per heavy atom. The van der Waals surface area contributed by atoms with E-state index in [1.165, 1.54) is 0 Å². The second-order valence-electron chi connectivity index (χ2n) is 7.68. The number of benzene rings is 3. The Labute approximate surface area is 207 Å². The molecule has 4 N–H and O–H groups in total. The topological polar surface area (TPSA) is 106 Å². The molecule has 1 heterocycles. The van der Waals surface area contributed by atoms with Gasteiger partial charge in [-0.05, 0) is 41.5 Å². The van der Waals surface area contributed by atoms with Gasteiger partial charge in [0.15, 0.2) is 6.10 Å². The fourth-order valence-corrected chi connectivity index (χ4v) is 3.60. The first-order chi connectivity index (χ1) is 17.0. The van der Waals surface area contributed by atoms with Gasteiger partial charge in [0.25, 0.3) is 5.91 Å². The minimum Gasteiger partial charge on any atom is -0.436 e. The number of nitrogens with two attached hydrogens (primary N) is 1. The number of nitrogen functional groups attached to an aromatic ring is 1. The van der Waals surface area contributed by atoms with E-state index in [9.17, 15) is 9.59 Å². The first-order valence-electron chi connectivity index (χ1n) is 10.8. The van der Waals surface area contributed by atoms with Crippen molar-refractivity contribution in [1.82, 2.24) is 10.3 Å². The van der Waals surface area contributed by atoms with Crippen LogP contribution in [0.15, 0.2) is 97.3 Å². The number of amides is 2. The van der Waals surface area contributed by atoms with Crippen molar-refractivity contribution in [3.63, 3.8) is 0 Å². The van der Waals surface area contributed by atoms with Crippen LogP contribution in [0.4, 0.5) is 16.2 Å². The summed E-state index contributed by atoms with van der Waals surface area (Å²) in [6.07, 6.45) is 1.88. The summed E-state index contributed by atoms with van der Waals surface area (Å²) in [5.41, 5.74) is 9.55. The third-order valence-corrected chi connectivity index (χ3v) is 5.65. The standard InChI is InChI=1S/C27H23ClN4O3/c28-22-14-15-30-16-21(22)17-31-27(34)35-25(18-6-2-1-3-7-18)19-10-12-20(13-11-19)26(33)32-24-9-5-4-8-23(24)29/h1-16,25H,17,29H2,(H,31,34)(H,32,33)/t25-/m0/s1. The number of pyridine rings is 1. The number of anilines is 2. The maximum atomic E-state index is 12.7. The largest absolute Gasteiger partial charge is 0.436 e. The molecule has 4 aromatic rings. The number of aromatic nitrogens is 1. The molecule has 0 unspecified atom stereocenters. The van der Waals surface area contributed by atoms with Gasteiger partial charge in [0.2, 0.25) is 0 Å². The van der Waals surface area contributed by atoms with Gasteiger partial charge in [0.1, 0.15) is 0 Å². The molecule has 0 radical (unpaired) electrons. The van der Waals surface area contributed by atoms with Crippen molar-refractivity contribution in [1.29, 1.82) is 0 Å². The number of nitrogens with one attached hydrogen (secondary N) is 2. The lowest BCUT2D eigenvalue weighted by atomic mass is 10.00. The van der Waals surface area contributed by atoms with E-state index in [0.29, 0.717) is 33.1 Å². The van der Waals surface area contributed by atoms with Gasteiger partial charge in [-0.1, -0.05) is 66.2 Å². The Morgan fingerprint density at radius 3 is 2.31 bits per heavy atom. The smallest absolute Gasteiger partial charge is 0.408 e. The van der Waals surface area contributed by atoms with Gasteiger partial charge in [-0.2, -0.15) is 0 Å². The quantitative estimate of drug-likeness (QED) is 0.295. The van der Waals surface area contributed by atoms with Crippen LogP contribution >= 0.6 is 11.6 Å². The van der Waals surface area contributed by atoms with Crippen LogP contribution in [0.25, 0.3) is 0 Å². The zero-order chi connectivity index (χ0) is 24.6. The second kappa shape index (κ2) is 11.2. The second-order valence-corrected chi connectivity index (χ2v) is 8.09. The maximum Gasteiger partial charge on any atom is 0.408 e. The minimum atomic E-state index is -0.678. The zero-order valence-corrected chi connectivity index (χ0v) is 19.4. The highest BCUT2D eigenvalue weighted by molar-refractivity contribution is 6.31. The SMILES string of the molecule is Nc1ccccc1NC(=O)c1ccc([C@@H](OC(=O)NCc2cnccc2Cl)c2ccccc2)cc1. The molecule has 8 heteroatoms. The van der Waals surface area contributed by atoms with Gasteiger partial charge in [0, 0.05) is 35.1 Å². The number of halogens is 1. The molecule has 0 saturated carbocycles. The van der Waals surface area contributed by atoms with Crippen molar-refractivity contribution in [2.24, 2.45) is 0 Å². The van der Waals surface area contributed by atoms with E-state index < -0.39 is 12.2 Å². The van der Waals surface area contributed by atoms with Crippen LogP contribution in [-0.4, -0.2) is 17.0 Å². The van der Waals surface area contributed by atoms with E-state index in [-0.39, 0.29) is 12.5 Å². The molecule has 1 aromatic heterocycles. The number of para-hydroxylation sites is 2. The molecule has 0 aliphatic heterocycles. The maximum absolute atomic E-state index is 12.7. The van der Waals surface area contributed by atoms with Crippen LogP contribution in [0.1, 0.15) is 33.2 Å². The molecule has 0 aliphatic carbocycles. The predicted molar refractivity (Wildman–Crippen MR) is 136 cm³/mol. The van der Waals surface area contributed by atoms with Crippen molar-refractivity contribution in [3.05, 3.63) is 125 Å².